The number of rotatable bonds is 57. The zero-order chi connectivity index (χ0) is 51.4. The van der Waals surface area contributed by atoms with E-state index in [4.69, 9.17) is 14.2 Å². The van der Waals surface area contributed by atoms with Crippen LogP contribution in [0, 0.1) is 0 Å². The molecule has 6 nitrogen and oxygen atoms in total. The predicted octanol–water partition coefficient (Wildman–Crippen LogP) is 21.0. The van der Waals surface area contributed by atoms with Crippen molar-refractivity contribution in [3.8, 4) is 0 Å². The Kier molecular flexibility index (Phi) is 57.7. The van der Waals surface area contributed by atoms with Gasteiger partial charge < -0.3 is 14.2 Å². The Morgan fingerprint density at radius 3 is 0.831 bits per heavy atom. The van der Waals surface area contributed by atoms with Crippen LogP contribution < -0.4 is 0 Å². The summed E-state index contributed by atoms with van der Waals surface area (Å²) in [6.07, 6.45) is 74.0. The highest BCUT2D eigenvalue weighted by molar-refractivity contribution is 5.71. The first-order chi connectivity index (χ1) is 35.0. The molecule has 0 fully saturated rings. The molecule has 0 aliphatic rings. The molecule has 0 aliphatic carbocycles. The first-order valence-electron chi connectivity index (χ1n) is 31.1. The molecule has 0 spiro atoms. The Morgan fingerprint density at radius 2 is 0.521 bits per heavy atom. The molecule has 0 saturated carbocycles. The molecule has 0 bridgehead atoms. The van der Waals surface area contributed by atoms with Gasteiger partial charge in [0.25, 0.3) is 0 Å². The van der Waals surface area contributed by atoms with Crippen LogP contribution in [0.3, 0.4) is 0 Å². The van der Waals surface area contributed by atoms with E-state index in [-0.39, 0.29) is 37.5 Å². The van der Waals surface area contributed by atoms with Crippen LogP contribution >= 0.6 is 0 Å². The monoisotopic (exact) mass is 995 g/mol. The Labute approximate surface area is 441 Å². The largest absolute Gasteiger partial charge is 0.462 e. The van der Waals surface area contributed by atoms with E-state index in [0.29, 0.717) is 19.3 Å². The predicted molar refractivity (Wildman–Crippen MR) is 307 cm³/mol. The fourth-order valence-corrected chi connectivity index (χ4v) is 9.14. The quantitative estimate of drug-likeness (QED) is 0.0261. The minimum absolute atomic E-state index is 0.0900. The minimum atomic E-state index is -0.799. The highest BCUT2D eigenvalue weighted by atomic mass is 16.6. The fraction of sp³-hybridized carbons (Fsp3) is 0.831. The van der Waals surface area contributed by atoms with Gasteiger partial charge in [-0.25, -0.2) is 0 Å². The van der Waals surface area contributed by atoms with Gasteiger partial charge in [-0.15, -0.1) is 0 Å². The van der Waals surface area contributed by atoms with E-state index in [1.807, 2.05) is 0 Å². The lowest BCUT2D eigenvalue weighted by molar-refractivity contribution is -0.167. The van der Waals surface area contributed by atoms with Crippen molar-refractivity contribution >= 4 is 17.9 Å². The second kappa shape index (κ2) is 59.9. The van der Waals surface area contributed by atoms with Crippen LogP contribution in [0.25, 0.3) is 0 Å². The summed E-state index contributed by atoms with van der Waals surface area (Å²) in [7, 11) is 0. The second-order valence-electron chi connectivity index (χ2n) is 21.0. The molecule has 1 unspecified atom stereocenters. The summed E-state index contributed by atoms with van der Waals surface area (Å²) in [4.78, 5) is 38.2. The maximum absolute atomic E-state index is 12.9. The second-order valence-corrected chi connectivity index (χ2v) is 21.0. The molecular weight excluding hydrogens is 877 g/mol. The molecule has 0 aromatic rings. The number of hydrogen-bond donors (Lipinski definition) is 0. The van der Waals surface area contributed by atoms with Gasteiger partial charge in [0, 0.05) is 19.3 Å². The van der Waals surface area contributed by atoms with Crippen molar-refractivity contribution in [3.63, 3.8) is 0 Å². The van der Waals surface area contributed by atoms with E-state index in [9.17, 15) is 14.4 Å². The molecule has 0 rings (SSSR count). The van der Waals surface area contributed by atoms with Gasteiger partial charge >= 0.3 is 17.9 Å². The molecule has 0 aliphatic heterocycles. The normalized spacial score (nSPS) is 12.3. The summed E-state index contributed by atoms with van der Waals surface area (Å²) in [5.41, 5.74) is 0. The van der Waals surface area contributed by atoms with Crippen molar-refractivity contribution in [1.29, 1.82) is 0 Å². The van der Waals surface area contributed by atoms with Crippen molar-refractivity contribution in [3.05, 3.63) is 48.6 Å². The van der Waals surface area contributed by atoms with Crippen LogP contribution in [0.1, 0.15) is 329 Å². The van der Waals surface area contributed by atoms with Crippen molar-refractivity contribution < 1.29 is 28.6 Å². The molecular formula is C65H118O6. The van der Waals surface area contributed by atoms with Crippen LogP contribution in [0.4, 0.5) is 0 Å². The molecule has 0 N–H and O–H groups in total. The molecule has 414 valence electrons. The lowest BCUT2D eigenvalue weighted by Crippen LogP contribution is -2.30. The van der Waals surface area contributed by atoms with E-state index in [2.05, 4.69) is 69.4 Å². The zero-order valence-electron chi connectivity index (χ0n) is 47.5. The first kappa shape index (κ1) is 68.4. The Balaban J connectivity index is 4.39. The van der Waals surface area contributed by atoms with Gasteiger partial charge in [-0.1, -0.05) is 301 Å². The maximum Gasteiger partial charge on any atom is 0.306 e. The van der Waals surface area contributed by atoms with Crippen LogP contribution in [0.5, 0.6) is 0 Å². The minimum Gasteiger partial charge on any atom is -0.462 e. The van der Waals surface area contributed by atoms with Crippen LogP contribution in [0.15, 0.2) is 48.6 Å². The van der Waals surface area contributed by atoms with Crippen molar-refractivity contribution in [1.82, 2.24) is 0 Å². The molecule has 6 heteroatoms. The molecule has 71 heavy (non-hydrogen) atoms. The molecule has 0 radical (unpaired) electrons. The number of carbonyl (C=O) groups excluding carboxylic acids is 3. The number of ether oxygens (including phenoxy) is 3. The van der Waals surface area contributed by atoms with Crippen LogP contribution in [-0.4, -0.2) is 37.2 Å². The highest BCUT2D eigenvalue weighted by Gasteiger charge is 2.19. The van der Waals surface area contributed by atoms with Gasteiger partial charge in [0.1, 0.15) is 13.2 Å². The molecule has 0 saturated heterocycles. The topological polar surface area (TPSA) is 78.9 Å². The number of unbranched alkanes of at least 4 members (excludes halogenated alkanes) is 38. The fourth-order valence-electron chi connectivity index (χ4n) is 9.14. The summed E-state index contributed by atoms with van der Waals surface area (Å²) in [5, 5.41) is 0. The third kappa shape index (κ3) is 58.1. The highest BCUT2D eigenvalue weighted by Crippen LogP contribution is 2.17. The standard InChI is InChI=1S/C65H118O6/c1-4-7-10-13-16-19-22-25-28-31-32-35-37-40-43-46-49-52-55-58-64(67)70-61-62(71-65(68)59-56-53-50-47-44-41-38-34-30-27-24-21-18-15-12-9-6-3)60-69-63(66)57-54-51-48-45-42-39-36-33-29-26-23-20-17-14-11-8-5-2/h18,21,27,30,38,41,47,50,62H,4-17,19-20,22-26,28-29,31-37,39-40,42-46,48-49,51-61H2,1-3H3/b21-18-,30-27-,41-38-,50-47-. The van der Waals surface area contributed by atoms with Crippen molar-refractivity contribution in [2.45, 2.75) is 335 Å². The Hall–Kier alpha value is -2.63. The average molecular weight is 996 g/mol. The van der Waals surface area contributed by atoms with Crippen LogP contribution in [0.2, 0.25) is 0 Å². The van der Waals surface area contributed by atoms with Gasteiger partial charge in [0.05, 0.1) is 0 Å². The zero-order valence-corrected chi connectivity index (χ0v) is 47.5. The van der Waals surface area contributed by atoms with Gasteiger partial charge in [-0.3, -0.25) is 14.4 Å². The third-order valence-corrected chi connectivity index (χ3v) is 13.8. The van der Waals surface area contributed by atoms with E-state index < -0.39 is 6.10 Å². The Bertz CT molecular complexity index is 1230. The van der Waals surface area contributed by atoms with Gasteiger partial charge in [-0.05, 0) is 57.8 Å². The Morgan fingerprint density at radius 1 is 0.282 bits per heavy atom. The molecule has 0 amide bonds. The first-order valence-corrected chi connectivity index (χ1v) is 31.1. The summed E-state index contributed by atoms with van der Waals surface area (Å²) >= 11 is 0. The molecule has 0 heterocycles. The number of allylic oxidation sites excluding steroid dienone is 8. The lowest BCUT2D eigenvalue weighted by atomic mass is 10.0. The summed E-state index contributed by atoms with van der Waals surface area (Å²) in [6.45, 7) is 6.62. The summed E-state index contributed by atoms with van der Waals surface area (Å²) in [5.74, 6) is -0.925. The molecule has 0 aromatic heterocycles. The number of esters is 3. The van der Waals surface area contributed by atoms with E-state index in [1.165, 1.54) is 218 Å². The van der Waals surface area contributed by atoms with Crippen molar-refractivity contribution in [2.75, 3.05) is 13.2 Å². The average Bonchev–Trinajstić information content (AvgIpc) is 3.37. The summed E-state index contributed by atoms with van der Waals surface area (Å²) < 4.78 is 16.9. The SMILES string of the molecule is CCCCC/C=C\C/C=C\C/C=C\C/C=C\CCCC(=O)OC(COC(=O)CCCCCCCCCCCCCCCCCCC)COC(=O)CCCCCCCCCCCCCCCCCCCCC. The maximum atomic E-state index is 12.9. The van der Waals surface area contributed by atoms with Gasteiger partial charge in [0.2, 0.25) is 0 Å². The number of carbonyl (C=O) groups is 3. The molecule has 0 aromatic carbocycles. The van der Waals surface area contributed by atoms with Crippen LogP contribution in [-0.2, 0) is 28.6 Å². The smallest absolute Gasteiger partial charge is 0.306 e. The third-order valence-electron chi connectivity index (χ3n) is 13.8. The lowest BCUT2D eigenvalue weighted by Gasteiger charge is -2.18. The van der Waals surface area contributed by atoms with E-state index >= 15 is 0 Å². The van der Waals surface area contributed by atoms with Gasteiger partial charge in [0.15, 0.2) is 6.10 Å². The van der Waals surface area contributed by atoms with Crippen molar-refractivity contribution in [2.24, 2.45) is 0 Å². The van der Waals surface area contributed by atoms with E-state index in [0.717, 1.165) is 64.2 Å². The summed E-state index contributed by atoms with van der Waals surface area (Å²) in [6, 6.07) is 0. The molecule has 1 atom stereocenters. The van der Waals surface area contributed by atoms with E-state index in [1.54, 1.807) is 0 Å². The number of hydrogen-bond acceptors (Lipinski definition) is 6. The van der Waals surface area contributed by atoms with Gasteiger partial charge in [-0.2, -0.15) is 0 Å².